The number of hydrogen-bond donors (Lipinski definition) is 3. The zero-order valence-electron chi connectivity index (χ0n) is 14.3. The van der Waals surface area contributed by atoms with Crippen LogP contribution in [0.15, 0.2) is 24.4 Å². The van der Waals surface area contributed by atoms with Gasteiger partial charge in [0.05, 0.1) is 6.54 Å². The van der Waals surface area contributed by atoms with Gasteiger partial charge in [0.2, 0.25) is 5.95 Å². The number of carboxylic acids is 1. The van der Waals surface area contributed by atoms with Gasteiger partial charge in [-0.2, -0.15) is 0 Å². The Labute approximate surface area is 150 Å². The summed E-state index contributed by atoms with van der Waals surface area (Å²) in [5.41, 5.74) is 0.663. The molecule has 2 saturated carbocycles. The number of nitrogens with zero attached hydrogens (tertiary/aromatic N) is 4. The van der Waals surface area contributed by atoms with Crippen molar-refractivity contribution in [2.45, 2.75) is 37.8 Å². The third-order valence-corrected chi connectivity index (χ3v) is 5.03. The molecule has 26 heavy (non-hydrogen) atoms. The molecule has 0 radical (unpaired) electrons. The number of pyridine rings is 1. The highest BCUT2D eigenvalue weighted by Crippen LogP contribution is 2.33. The highest BCUT2D eigenvalue weighted by Gasteiger charge is 2.37. The fraction of sp³-hybridized carbons (Fsp3) is 0.529. The van der Waals surface area contributed by atoms with Gasteiger partial charge in [0.1, 0.15) is 0 Å². The maximum Gasteiger partial charge on any atom is 0.321 e. The van der Waals surface area contributed by atoms with Crippen LogP contribution in [-0.2, 0) is 4.79 Å². The summed E-state index contributed by atoms with van der Waals surface area (Å²) in [7, 11) is 0. The summed E-state index contributed by atoms with van der Waals surface area (Å²) in [6.07, 6.45) is 5.71. The second-order valence-electron chi connectivity index (χ2n) is 7.14. The number of rotatable bonds is 7. The molecule has 0 atom stereocenters. The number of carbonyl (C=O) groups is 2. The van der Waals surface area contributed by atoms with E-state index >= 15 is 0 Å². The largest absolute Gasteiger partial charge is 0.480 e. The Kier molecular flexibility index (Phi) is 4.46. The fourth-order valence-corrected chi connectivity index (χ4v) is 3.40. The standard InChI is InChI=1S/C17H22N6O3/c24-15(25)10-22(9-11-4-5-11)13-7-12(8-13)18-17(26)19-16-21-20-14-3-1-2-6-23(14)16/h1-3,6,11-13H,4-5,7-10H2,(H,24,25)(H2,18,19,21,26). The quantitative estimate of drug-likeness (QED) is 0.685. The van der Waals surface area contributed by atoms with Gasteiger partial charge in [-0.1, -0.05) is 6.07 Å². The number of nitrogens with one attached hydrogen (secondary N) is 2. The number of anilines is 1. The molecule has 2 heterocycles. The number of aliphatic carboxylic acids is 1. The lowest BCUT2D eigenvalue weighted by Crippen LogP contribution is -2.56. The minimum absolute atomic E-state index is 0.0506. The lowest BCUT2D eigenvalue weighted by atomic mass is 9.85. The number of aromatic nitrogens is 3. The van der Waals surface area contributed by atoms with Crippen molar-refractivity contribution in [3.63, 3.8) is 0 Å². The van der Waals surface area contributed by atoms with Gasteiger partial charge >= 0.3 is 12.0 Å². The number of amides is 2. The smallest absolute Gasteiger partial charge is 0.321 e. The SMILES string of the molecule is O=C(O)CN(CC1CC1)C1CC(NC(=O)Nc2nnc3ccccn23)C1. The first kappa shape index (κ1) is 16.8. The monoisotopic (exact) mass is 358 g/mol. The van der Waals surface area contributed by atoms with Gasteiger partial charge in [-0.15, -0.1) is 10.2 Å². The van der Waals surface area contributed by atoms with Crippen LogP contribution in [0.2, 0.25) is 0 Å². The summed E-state index contributed by atoms with van der Waals surface area (Å²) in [5.74, 6) is 0.222. The Bertz CT molecular complexity index is 812. The molecule has 0 unspecified atom stereocenters. The second kappa shape index (κ2) is 6.91. The number of hydrogen-bond acceptors (Lipinski definition) is 5. The average Bonchev–Trinajstić information content (AvgIpc) is 3.29. The van der Waals surface area contributed by atoms with Gasteiger partial charge in [-0.05, 0) is 43.7 Å². The lowest BCUT2D eigenvalue weighted by molar-refractivity contribution is -0.139. The van der Waals surface area contributed by atoms with E-state index in [4.69, 9.17) is 5.11 Å². The average molecular weight is 358 g/mol. The molecule has 0 aromatic carbocycles. The predicted octanol–water partition coefficient (Wildman–Crippen LogP) is 1.18. The Morgan fingerprint density at radius 2 is 2.08 bits per heavy atom. The molecule has 138 valence electrons. The number of carbonyl (C=O) groups excluding carboxylic acids is 1. The first-order valence-electron chi connectivity index (χ1n) is 8.91. The molecular formula is C17H22N6O3. The molecule has 2 aliphatic carbocycles. The van der Waals surface area contributed by atoms with E-state index in [9.17, 15) is 9.59 Å². The Morgan fingerprint density at radius 1 is 1.27 bits per heavy atom. The van der Waals surface area contributed by atoms with E-state index in [1.165, 1.54) is 12.8 Å². The van der Waals surface area contributed by atoms with Crippen molar-refractivity contribution in [1.82, 2.24) is 24.8 Å². The molecule has 3 N–H and O–H groups in total. The van der Waals surface area contributed by atoms with E-state index in [0.29, 0.717) is 17.5 Å². The minimum atomic E-state index is -0.793. The van der Waals surface area contributed by atoms with Crippen molar-refractivity contribution >= 4 is 23.6 Å². The molecule has 0 spiro atoms. The van der Waals surface area contributed by atoms with E-state index in [1.807, 2.05) is 23.1 Å². The summed E-state index contributed by atoms with van der Waals surface area (Å²) in [4.78, 5) is 25.3. The van der Waals surface area contributed by atoms with Crippen LogP contribution in [0.4, 0.5) is 10.7 Å². The molecule has 0 bridgehead atoms. The van der Waals surface area contributed by atoms with Crippen molar-refractivity contribution in [2.24, 2.45) is 5.92 Å². The lowest BCUT2D eigenvalue weighted by Gasteiger charge is -2.42. The summed E-state index contributed by atoms with van der Waals surface area (Å²) >= 11 is 0. The first-order valence-corrected chi connectivity index (χ1v) is 8.91. The number of carboxylic acid groups (broad SMARTS) is 1. The van der Waals surface area contributed by atoms with Crippen LogP contribution in [-0.4, -0.2) is 61.8 Å². The topological polar surface area (TPSA) is 112 Å². The second-order valence-corrected chi connectivity index (χ2v) is 7.14. The van der Waals surface area contributed by atoms with E-state index in [0.717, 1.165) is 19.4 Å². The molecule has 0 aliphatic heterocycles. The van der Waals surface area contributed by atoms with Crippen LogP contribution in [0.3, 0.4) is 0 Å². The minimum Gasteiger partial charge on any atom is -0.480 e. The molecule has 9 nitrogen and oxygen atoms in total. The molecule has 2 fully saturated rings. The maximum atomic E-state index is 12.2. The van der Waals surface area contributed by atoms with E-state index in [1.54, 1.807) is 10.6 Å². The van der Waals surface area contributed by atoms with Crippen LogP contribution in [0.5, 0.6) is 0 Å². The Balaban J connectivity index is 1.27. The molecule has 2 aliphatic rings. The Hall–Kier alpha value is -2.68. The van der Waals surface area contributed by atoms with Gasteiger partial charge in [0, 0.05) is 24.8 Å². The van der Waals surface area contributed by atoms with Crippen molar-refractivity contribution in [2.75, 3.05) is 18.4 Å². The van der Waals surface area contributed by atoms with Crippen molar-refractivity contribution in [3.8, 4) is 0 Å². The van der Waals surface area contributed by atoms with E-state index < -0.39 is 5.97 Å². The molecule has 2 aromatic heterocycles. The summed E-state index contributed by atoms with van der Waals surface area (Å²) in [6, 6.07) is 5.46. The van der Waals surface area contributed by atoms with Gasteiger partial charge < -0.3 is 10.4 Å². The summed E-state index contributed by atoms with van der Waals surface area (Å²) in [6.45, 7) is 0.924. The molecule has 2 aromatic rings. The van der Waals surface area contributed by atoms with Crippen molar-refractivity contribution < 1.29 is 14.7 Å². The number of fused-ring (bicyclic) bond motifs is 1. The molecule has 2 amide bonds. The third kappa shape index (κ3) is 3.77. The fourth-order valence-electron chi connectivity index (χ4n) is 3.40. The van der Waals surface area contributed by atoms with Gasteiger partial charge in [-0.25, -0.2) is 4.79 Å². The number of urea groups is 1. The molecular weight excluding hydrogens is 336 g/mol. The van der Waals surface area contributed by atoms with E-state index in [2.05, 4.69) is 20.8 Å². The van der Waals surface area contributed by atoms with Crippen LogP contribution < -0.4 is 10.6 Å². The van der Waals surface area contributed by atoms with E-state index in [-0.39, 0.29) is 24.7 Å². The van der Waals surface area contributed by atoms with Crippen LogP contribution in [0.25, 0.3) is 5.65 Å². The normalized spacial score (nSPS) is 22.2. The zero-order valence-corrected chi connectivity index (χ0v) is 14.3. The van der Waals surface area contributed by atoms with Gasteiger partial charge in [0.15, 0.2) is 5.65 Å². The van der Waals surface area contributed by atoms with Crippen molar-refractivity contribution in [1.29, 1.82) is 0 Å². The third-order valence-electron chi connectivity index (χ3n) is 5.03. The first-order chi connectivity index (χ1) is 12.6. The van der Waals surface area contributed by atoms with Crippen molar-refractivity contribution in [3.05, 3.63) is 24.4 Å². The summed E-state index contributed by atoms with van der Waals surface area (Å²) in [5, 5.41) is 22.7. The van der Waals surface area contributed by atoms with Crippen LogP contribution in [0.1, 0.15) is 25.7 Å². The zero-order chi connectivity index (χ0) is 18.1. The highest BCUT2D eigenvalue weighted by atomic mass is 16.4. The molecule has 9 heteroatoms. The Morgan fingerprint density at radius 3 is 2.81 bits per heavy atom. The highest BCUT2D eigenvalue weighted by molar-refractivity contribution is 5.88. The van der Waals surface area contributed by atoms with Gasteiger partial charge in [-0.3, -0.25) is 19.4 Å². The predicted molar refractivity (Wildman–Crippen MR) is 93.9 cm³/mol. The van der Waals surface area contributed by atoms with Crippen LogP contribution >= 0.6 is 0 Å². The molecule has 0 saturated heterocycles. The molecule has 4 rings (SSSR count). The van der Waals surface area contributed by atoms with Gasteiger partial charge in [0.25, 0.3) is 0 Å². The van der Waals surface area contributed by atoms with Crippen LogP contribution in [0, 0.1) is 5.92 Å². The summed E-state index contributed by atoms with van der Waals surface area (Å²) < 4.78 is 1.70. The maximum absolute atomic E-state index is 12.2.